The van der Waals surface area contributed by atoms with Crippen LogP contribution in [0.3, 0.4) is 0 Å². The molecule has 2 aliphatic rings. The topological polar surface area (TPSA) is 89.5 Å². The number of rotatable bonds is 5. The second-order valence-electron chi connectivity index (χ2n) is 8.20. The Hall–Kier alpha value is -3.61. The summed E-state index contributed by atoms with van der Waals surface area (Å²) < 4.78 is 11.0. The van der Waals surface area contributed by atoms with Crippen molar-refractivity contribution in [3.63, 3.8) is 0 Å². The number of carbonyl (C=O) groups is 2. The van der Waals surface area contributed by atoms with Crippen molar-refractivity contribution >= 4 is 17.5 Å². The highest BCUT2D eigenvalue weighted by Gasteiger charge is 2.41. The number of aromatic nitrogens is 1. The molecule has 2 atom stereocenters. The van der Waals surface area contributed by atoms with Gasteiger partial charge in [-0.15, -0.1) is 0 Å². The second kappa shape index (κ2) is 8.86. The summed E-state index contributed by atoms with van der Waals surface area (Å²) in [5.41, 5.74) is 3.44. The smallest absolute Gasteiger partial charge is 0.255 e. The minimum atomic E-state index is -0.559. The number of nitrogens with zero attached hydrogens (tertiary/aromatic N) is 1. The molecule has 0 fully saturated rings. The van der Waals surface area contributed by atoms with Crippen molar-refractivity contribution < 1.29 is 19.1 Å². The fraction of sp³-hybridized carbons (Fsp3) is 0.320. The van der Waals surface area contributed by atoms with Crippen molar-refractivity contribution in [2.75, 3.05) is 19.5 Å². The summed E-state index contributed by atoms with van der Waals surface area (Å²) in [5, 5.41) is 6.22. The molecule has 4 rings (SSSR count). The molecule has 7 heteroatoms. The lowest BCUT2D eigenvalue weighted by Crippen LogP contribution is -2.37. The SMILES string of the molecule is COc1ccc(C2C(C(=O)Nc3ccccn3)=C(C)NC3=C2C(=O)CC(C)C3)c(OC)c1. The number of ether oxygens (including phenoxy) is 2. The molecule has 7 nitrogen and oxygen atoms in total. The molecule has 0 bridgehead atoms. The predicted octanol–water partition coefficient (Wildman–Crippen LogP) is 3.95. The Morgan fingerprint density at radius 3 is 2.66 bits per heavy atom. The number of anilines is 1. The van der Waals surface area contributed by atoms with Crippen LogP contribution in [0.4, 0.5) is 5.82 Å². The van der Waals surface area contributed by atoms with Gasteiger partial charge in [-0.3, -0.25) is 9.59 Å². The van der Waals surface area contributed by atoms with E-state index >= 15 is 0 Å². The highest BCUT2D eigenvalue weighted by molar-refractivity contribution is 6.09. The van der Waals surface area contributed by atoms with Gasteiger partial charge in [-0.05, 0) is 37.5 Å². The summed E-state index contributed by atoms with van der Waals surface area (Å²) in [7, 11) is 3.16. The highest BCUT2D eigenvalue weighted by Crippen LogP contribution is 2.46. The molecule has 0 spiro atoms. The predicted molar refractivity (Wildman–Crippen MR) is 121 cm³/mol. The van der Waals surface area contributed by atoms with Gasteiger partial charge in [-0.1, -0.05) is 19.1 Å². The molecular weight excluding hydrogens is 406 g/mol. The van der Waals surface area contributed by atoms with E-state index in [1.807, 2.05) is 19.1 Å². The van der Waals surface area contributed by atoms with Crippen LogP contribution in [0.2, 0.25) is 0 Å². The number of hydrogen-bond acceptors (Lipinski definition) is 6. The highest BCUT2D eigenvalue weighted by atomic mass is 16.5. The average molecular weight is 434 g/mol. The monoisotopic (exact) mass is 433 g/mol. The van der Waals surface area contributed by atoms with Gasteiger partial charge in [-0.2, -0.15) is 0 Å². The van der Waals surface area contributed by atoms with Crippen LogP contribution >= 0.6 is 0 Å². The summed E-state index contributed by atoms with van der Waals surface area (Å²) in [6.45, 7) is 3.93. The first-order chi connectivity index (χ1) is 15.4. The number of Topliss-reactive ketones (excluding diaryl/α,β-unsaturated/α-hetero) is 1. The van der Waals surface area contributed by atoms with Crippen molar-refractivity contribution in [2.45, 2.75) is 32.6 Å². The molecule has 2 N–H and O–H groups in total. The van der Waals surface area contributed by atoms with E-state index in [0.29, 0.717) is 40.6 Å². The Balaban J connectivity index is 1.86. The summed E-state index contributed by atoms with van der Waals surface area (Å²) in [5.74, 6) is 1.06. The third-order valence-corrected chi connectivity index (χ3v) is 5.93. The van der Waals surface area contributed by atoms with Crippen LogP contribution in [0, 0.1) is 5.92 Å². The minimum absolute atomic E-state index is 0.0461. The molecule has 1 amide bonds. The van der Waals surface area contributed by atoms with Gasteiger partial charge in [0.2, 0.25) is 0 Å². The van der Waals surface area contributed by atoms with Gasteiger partial charge in [-0.25, -0.2) is 4.98 Å². The Morgan fingerprint density at radius 1 is 1.16 bits per heavy atom. The molecule has 0 saturated heterocycles. The third kappa shape index (κ3) is 3.98. The van der Waals surface area contributed by atoms with Gasteiger partial charge in [0.15, 0.2) is 5.78 Å². The average Bonchev–Trinajstić information content (AvgIpc) is 2.78. The van der Waals surface area contributed by atoms with Crippen LogP contribution in [0.1, 0.15) is 38.2 Å². The molecule has 0 radical (unpaired) electrons. The largest absolute Gasteiger partial charge is 0.497 e. The summed E-state index contributed by atoms with van der Waals surface area (Å²) in [4.78, 5) is 30.9. The molecule has 1 aromatic heterocycles. The van der Waals surface area contributed by atoms with E-state index < -0.39 is 5.92 Å². The molecule has 166 valence electrons. The van der Waals surface area contributed by atoms with E-state index in [9.17, 15) is 9.59 Å². The normalized spacial score (nSPS) is 20.4. The zero-order chi connectivity index (χ0) is 22.8. The van der Waals surface area contributed by atoms with Crippen LogP contribution in [0.5, 0.6) is 11.5 Å². The second-order valence-corrected chi connectivity index (χ2v) is 8.20. The van der Waals surface area contributed by atoms with Crippen LogP contribution < -0.4 is 20.1 Å². The first kappa shape index (κ1) is 21.6. The number of allylic oxidation sites excluding steroid dienone is 3. The van der Waals surface area contributed by atoms with Crippen molar-refractivity contribution in [3.8, 4) is 11.5 Å². The minimum Gasteiger partial charge on any atom is -0.497 e. The maximum atomic E-state index is 13.5. The zero-order valence-electron chi connectivity index (χ0n) is 18.7. The quantitative estimate of drug-likeness (QED) is 0.742. The number of ketones is 1. The van der Waals surface area contributed by atoms with Gasteiger partial charge in [0.1, 0.15) is 17.3 Å². The van der Waals surface area contributed by atoms with Gasteiger partial charge >= 0.3 is 0 Å². The van der Waals surface area contributed by atoms with Gasteiger partial charge in [0.05, 0.1) is 20.1 Å². The number of dihydropyridines is 1. The Bertz CT molecular complexity index is 1120. The Kier molecular flexibility index (Phi) is 5.99. The first-order valence-corrected chi connectivity index (χ1v) is 10.6. The molecule has 2 aromatic rings. The Labute approximate surface area is 187 Å². The fourth-order valence-electron chi connectivity index (χ4n) is 4.52. The number of benzene rings is 1. The molecular formula is C25H27N3O4. The van der Waals surface area contributed by atoms with Gasteiger partial charge in [0.25, 0.3) is 5.91 Å². The van der Waals surface area contributed by atoms with E-state index in [2.05, 4.69) is 22.5 Å². The van der Waals surface area contributed by atoms with E-state index in [1.54, 1.807) is 44.7 Å². The van der Waals surface area contributed by atoms with Crippen LogP contribution in [-0.2, 0) is 9.59 Å². The van der Waals surface area contributed by atoms with Crippen molar-refractivity contribution in [2.24, 2.45) is 5.92 Å². The van der Waals surface area contributed by atoms with Gasteiger partial charge in [0, 0.05) is 46.8 Å². The maximum absolute atomic E-state index is 13.5. The summed E-state index contributed by atoms with van der Waals surface area (Å²) >= 11 is 0. The summed E-state index contributed by atoms with van der Waals surface area (Å²) in [6, 6.07) is 10.8. The molecule has 1 aromatic carbocycles. The van der Waals surface area contributed by atoms with Crippen LogP contribution in [0.15, 0.2) is 65.1 Å². The first-order valence-electron chi connectivity index (χ1n) is 10.6. The number of carbonyl (C=O) groups excluding carboxylic acids is 2. The number of nitrogens with one attached hydrogen (secondary N) is 2. The Morgan fingerprint density at radius 2 is 1.97 bits per heavy atom. The van der Waals surface area contributed by atoms with Gasteiger partial charge < -0.3 is 20.1 Å². The molecule has 2 heterocycles. The molecule has 0 saturated carbocycles. The molecule has 1 aliphatic heterocycles. The third-order valence-electron chi connectivity index (χ3n) is 5.93. The van der Waals surface area contributed by atoms with E-state index in [4.69, 9.17) is 9.47 Å². The van der Waals surface area contributed by atoms with Crippen molar-refractivity contribution in [3.05, 3.63) is 70.7 Å². The van der Waals surface area contributed by atoms with Crippen molar-refractivity contribution in [1.29, 1.82) is 0 Å². The summed E-state index contributed by atoms with van der Waals surface area (Å²) in [6.07, 6.45) is 2.82. The zero-order valence-corrected chi connectivity index (χ0v) is 18.7. The molecule has 2 unspecified atom stereocenters. The van der Waals surface area contributed by atoms with Crippen molar-refractivity contribution in [1.82, 2.24) is 10.3 Å². The number of amides is 1. The van der Waals surface area contributed by atoms with E-state index in [0.717, 1.165) is 17.7 Å². The van der Waals surface area contributed by atoms with Crippen LogP contribution in [0.25, 0.3) is 0 Å². The lowest BCUT2D eigenvalue weighted by Gasteiger charge is -2.36. The number of pyridine rings is 1. The molecule has 32 heavy (non-hydrogen) atoms. The van der Waals surface area contributed by atoms with E-state index in [-0.39, 0.29) is 17.6 Å². The maximum Gasteiger partial charge on any atom is 0.255 e. The number of methoxy groups -OCH3 is 2. The van der Waals surface area contributed by atoms with E-state index in [1.165, 1.54) is 0 Å². The standard InChI is InChI=1S/C25H27N3O4/c1-14-11-18-24(19(29)12-14)23(17-9-8-16(31-3)13-20(17)32-4)22(15(2)27-18)25(30)28-21-7-5-6-10-26-21/h5-10,13-14,23,27H,11-12H2,1-4H3,(H,26,28,30). The lowest BCUT2D eigenvalue weighted by molar-refractivity contribution is -0.117. The van der Waals surface area contributed by atoms with Crippen LogP contribution in [-0.4, -0.2) is 30.9 Å². The fourth-order valence-corrected chi connectivity index (χ4v) is 4.52. The number of hydrogen-bond donors (Lipinski definition) is 2. The molecule has 1 aliphatic carbocycles. The lowest BCUT2D eigenvalue weighted by atomic mass is 9.73.